The van der Waals surface area contributed by atoms with Gasteiger partial charge in [-0.25, -0.2) is 0 Å². The first-order valence-electron chi connectivity index (χ1n) is 5.63. The molecule has 0 spiro atoms. The summed E-state index contributed by atoms with van der Waals surface area (Å²) >= 11 is 0. The van der Waals surface area contributed by atoms with Crippen LogP contribution in [-0.2, 0) is 16.1 Å². The first-order chi connectivity index (χ1) is 7.72. The molecule has 0 bridgehead atoms. The highest BCUT2D eigenvalue weighted by molar-refractivity contribution is 5.13. The normalized spacial score (nSPS) is 29.2. The van der Waals surface area contributed by atoms with Crippen molar-refractivity contribution in [1.29, 1.82) is 0 Å². The predicted octanol–water partition coefficient (Wildman–Crippen LogP) is 3.14. The van der Waals surface area contributed by atoms with E-state index in [1.165, 1.54) is 5.56 Å². The molecule has 1 aliphatic heterocycles. The molecule has 1 heterocycles. The topological polar surface area (TPSA) is 18.5 Å². The first-order valence-corrected chi connectivity index (χ1v) is 5.63. The van der Waals surface area contributed by atoms with Crippen LogP contribution in [0.2, 0.25) is 0 Å². The monoisotopic (exact) mass is 218 g/mol. The van der Waals surface area contributed by atoms with E-state index in [0.29, 0.717) is 13.2 Å². The average Bonchev–Trinajstić information content (AvgIpc) is 2.71. The zero-order valence-electron chi connectivity index (χ0n) is 9.69. The summed E-state index contributed by atoms with van der Waals surface area (Å²) in [6.45, 7) is 7.29. The Kier molecular flexibility index (Phi) is 3.42. The fraction of sp³-hybridized carbons (Fsp3) is 0.429. The van der Waals surface area contributed by atoms with Crippen molar-refractivity contribution in [2.24, 2.45) is 5.41 Å². The second-order valence-electron chi connectivity index (χ2n) is 4.60. The Balaban J connectivity index is 1.82. The summed E-state index contributed by atoms with van der Waals surface area (Å²) in [5.74, 6) is 0. The lowest BCUT2D eigenvalue weighted by molar-refractivity contribution is -0.118. The summed E-state index contributed by atoms with van der Waals surface area (Å²) in [6.07, 6.45) is 2.76. The smallest absolute Gasteiger partial charge is 0.158 e. The van der Waals surface area contributed by atoms with Crippen molar-refractivity contribution in [2.75, 3.05) is 6.61 Å². The lowest BCUT2D eigenvalue weighted by Gasteiger charge is -2.15. The molecule has 2 heteroatoms. The van der Waals surface area contributed by atoms with Gasteiger partial charge in [-0.3, -0.25) is 0 Å². The first kappa shape index (κ1) is 11.4. The molecule has 1 fully saturated rings. The molecular formula is C14H18O2. The Hall–Kier alpha value is -1.12. The van der Waals surface area contributed by atoms with E-state index in [0.717, 1.165) is 6.42 Å². The van der Waals surface area contributed by atoms with Crippen LogP contribution in [0.25, 0.3) is 0 Å². The van der Waals surface area contributed by atoms with Crippen molar-refractivity contribution in [1.82, 2.24) is 0 Å². The minimum Gasteiger partial charge on any atom is -0.352 e. The summed E-state index contributed by atoms with van der Waals surface area (Å²) in [6, 6.07) is 10.2. The quantitative estimate of drug-likeness (QED) is 0.723. The van der Waals surface area contributed by atoms with Crippen molar-refractivity contribution in [3.8, 4) is 0 Å². The van der Waals surface area contributed by atoms with E-state index in [4.69, 9.17) is 9.47 Å². The standard InChI is InChI=1S/C14H18O2/c1-3-14(2)9-13(16-11-14)15-10-12-7-5-4-6-8-12/h3-8,13H,1,9-11H2,2H3/t13-,14-/m0/s1. The predicted molar refractivity (Wildman–Crippen MR) is 63.9 cm³/mol. The van der Waals surface area contributed by atoms with Crippen LogP contribution in [0.5, 0.6) is 0 Å². The largest absolute Gasteiger partial charge is 0.352 e. The van der Waals surface area contributed by atoms with E-state index in [9.17, 15) is 0 Å². The Morgan fingerprint density at radius 2 is 2.25 bits per heavy atom. The molecule has 0 radical (unpaired) electrons. The number of rotatable bonds is 4. The Labute approximate surface area is 96.9 Å². The SMILES string of the molecule is C=C[C@]1(C)CO[C@H](OCc2ccccc2)C1. The molecule has 16 heavy (non-hydrogen) atoms. The Bertz CT molecular complexity index is 347. The van der Waals surface area contributed by atoms with Gasteiger partial charge in [0.2, 0.25) is 0 Å². The molecule has 0 aromatic heterocycles. The van der Waals surface area contributed by atoms with Gasteiger partial charge in [-0.15, -0.1) is 6.58 Å². The molecule has 2 atom stereocenters. The molecule has 1 saturated heterocycles. The third-order valence-electron chi connectivity index (χ3n) is 3.00. The highest BCUT2D eigenvalue weighted by Crippen LogP contribution is 2.33. The maximum Gasteiger partial charge on any atom is 0.158 e. The zero-order chi connectivity index (χ0) is 11.4. The molecule has 2 nitrogen and oxygen atoms in total. The number of ether oxygens (including phenoxy) is 2. The van der Waals surface area contributed by atoms with Gasteiger partial charge in [0.25, 0.3) is 0 Å². The van der Waals surface area contributed by atoms with Crippen molar-refractivity contribution in [3.05, 3.63) is 48.6 Å². The summed E-state index contributed by atoms with van der Waals surface area (Å²) < 4.78 is 11.3. The highest BCUT2D eigenvalue weighted by Gasteiger charge is 2.34. The molecule has 1 aliphatic rings. The van der Waals surface area contributed by atoms with Gasteiger partial charge in [0, 0.05) is 11.8 Å². The summed E-state index contributed by atoms with van der Waals surface area (Å²) in [4.78, 5) is 0. The number of hydrogen-bond donors (Lipinski definition) is 0. The minimum absolute atomic E-state index is 0.0708. The van der Waals surface area contributed by atoms with Crippen molar-refractivity contribution >= 4 is 0 Å². The third kappa shape index (κ3) is 2.71. The van der Waals surface area contributed by atoms with Gasteiger partial charge in [-0.1, -0.05) is 43.3 Å². The highest BCUT2D eigenvalue weighted by atomic mass is 16.7. The van der Waals surface area contributed by atoms with Gasteiger partial charge >= 0.3 is 0 Å². The lowest BCUT2D eigenvalue weighted by atomic mass is 9.90. The van der Waals surface area contributed by atoms with Crippen LogP contribution in [0.3, 0.4) is 0 Å². The summed E-state index contributed by atoms with van der Waals surface area (Å²) in [5.41, 5.74) is 1.25. The van der Waals surface area contributed by atoms with E-state index in [1.807, 2.05) is 24.3 Å². The summed E-state index contributed by atoms with van der Waals surface area (Å²) in [5, 5.41) is 0. The van der Waals surface area contributed by atoms with Crippen LogP contribution in [0.4, 0.5) is 0 Å². The van der Waals surface area contributed by atoms with E-state index in [1.54, 1.807) is 0 Å². The molecule has 1 aromatic carbocycles. The van der Waals surface area contributed by atoms with Crippen LogP contribution in [0, 0.1) is 5.41 Å². The van der Waals surface area contributed by atoms with Gasteiger partial charge in [0.05, 0.1) is 13.2 Å². The molecule has 0 N–H and O–H groups in total. The Morgan fingerprint density at radius 3 is 2.88 bits per heavy atom. The van der Waals surface area contributed by atoms with Crippen LogP contribution in [0.15, 0.2) is 43.0 Å². The fourth-order valence-electron chi connectivity index (χ4n) is 1.79. The lowest BCUT2D eigenvalue weighted by Crippen LogP contribution is -2.14. The van der Waals surface area contributed by atoms with Gasteiger partial charge in [0.15, 0.2) is 6.29 Å². The van der Waals surface area contributed by atoms with Gasteiger partial charge < -0.3 is 9.47 Å². The maximum absolute atomic E-state index is 5.72. The third-order valence-corrected chi connectivity index (χ3v) is 3.00. The van der Waals surface area contributed by atoms with Gasteiger partial charge in [-0.05, 0) is 5.56 Å². The van der Waals surface area contributed by atoms with Gasteiger partial charge in [0.1, 0.15) is 0 Å². The van der Waals surface area contributed by atoms with Crippen LogP contribution < -0.4 is 0 Å². The summed E-state index contributed by atoms with van der Waals surface area (Å²) in [7, 11) is 0. The molecule has 0 aliphatic carbocycles. The molecular weight excluding hydrogens is 200 g/mol. The molecule has 0 amide bonds. The zero-order valence-corrected chi connectivity index (χ0v) is 9.69. The Morgan fingerprint density at radius 1 is 1.50 bits per heavy atom. The van der Waals surface area contributed by atoms with Crippen molar-refractivity contribution in [3.63, 3.8) is 0 Å². The van der Waals surface area contributed by atoms with E-state index >= 15 is 0 Å². The van der Waals surface area contributed by atoms with Crippen LogP contribution >= 0.6 is 0 Å². The molecule has 2 rings (SSSR count). The van der Waals surface area contributed by atoms with Crippen LogP contribution in [-0.4, -0.2) is 12.9 Å². The van der Waals surface area contributed by atoms with E-state index < -0.39 is 0 Å². The molecule has 86 valence electrons. The van der Waals surface area contributed by atoms with Crippen molar-refractivity contribution in [2.45, 2.75) is 26.2 Å². The van der Waals surface area contributed by atoms with E-state index in [2.05, 4.69) is 25.6 Å². The number of benzene rings is 1. The number of hydrogen-bond acceptors (Lipinski definition) is 2. The average molecular weight is 218 g/mol. The van der Waals surface area contributed by atoms with Crippen LogP contribution in [0.1, 0.15) is 18.9 Å². The van der Waals surface area contributed by atoms with Crippen molar-refractivity contribution < 1.29 is 9.47 Å². The van der Waals surface area contributed by atoms with Gasteiger partial charge in [-0.2, -0.15) is 0 Å². The molecule has 0 saturated carbocycles. The maximum atomic E-state index is 5.72. The molecule has 1 aromatic rings. The molecule has 0 unspecified atom stereocenters. The second-order valence-corrected chi connectivity index (χ2v) is 4.60. The second kappa shape index (κ2) is 4.81. The minimum atomic E-state index is -0.0943. The fourth-order valence-corrected chi connectivity index (χ4v) is 1.79. The van der Waals surface area contributed by atoms with E-state index in [-0.39, 0.29) is 11.7 Å².